The number of hydrogen-bond acceptors (Lipinski definition) is 5. The summed E-state index contributed by atoms with van der Waals surface area (Å²) in [6.07, 6.45) is 0.843. The van der Waals surface area contributed by atoms with Gasteiger partial charge in [-0.3, -0.25) is 19.7 Å². The normalized spacial score (nSPS) is 14.6. The Labute approximate surface area is 171 Å². The van der Waals surface area contributed by atoms with Crippen LogP contribution >= 0.6 is 0 Å². The zero-order valence-electron chi connectivity index (χ0n) is 15.8. The van der Waals surface area contributed by atoms with Crippen molar-refractivity contribution >= 4 is 23.4 Å². The predicted molar refractivity (Wildman–Crippen MR) is 108 cm³/mol. The summed E-state index contributed by atoms with van der Waals surface area (Å²) < 4.78 is 4.93. The third-order valence-corrected chi connectivity index (χ3v) is 5.58. The first kappa shape index (κ1) is 18.1. The molecule has 1 aromatic heterocycles. The molecule has 0 bridgehead atoms. The van der Waals surface area contributed by atoms with Gasteiger partial charge in [-0.15, -0.1) is 0 Å². The summed E-state index contributed by atoms with van der Waals surface area (Å²) in [5.41, 5.74) is 5.62. The van der Waals surface area contributed by atoms with E-state index in [1.54, 1.807) is 0 Å². The highest BCUT2D eigenvalue weighted by atomic mass is 16.6. The standard InChI is InChI=1S/C22H17N3O5/c26-21(15-11-24(12-15)22(27)19-7-8-20(30-19)25(28)29)23-16-5-6-18-14(10-16)9-13-3-1-2-4-17(13)18/h1-8,10,15H,9,11-12H2,(H,23,26). The molecule has 30 heavy (non-hydrogen) atoms. The third-order valence-electron chi connectivity index (χ3n) is 5.58. The van der Waals surface area contributed by atoms with Crippen LogP contribution in [-0.2, 0) is 11.2 Å². The van der Waals surface area contributed by atoms with E-state index in [1.165, 1.54) is 33.2 Å². The number of carbonyl (C=O) groups excluding carboxylic acids is 2. The molecule has 1 fully saturated rings. The minimum Gasteiger partial charge on any atom is -0.395 e. The Balaban J connectivity index is 1.20. The average molecular weight is 403 g/mol. The first-order valence-electron chi connectivity index (χ1n) is 9.55. The van der Waals surface area contributed by atoms with Crippen LogP contribution in [0.1, 0.15) is 21.7 Å². The number of fused-ring (bicyclic) bond motifs is 3. The number of anilines is 1. The number of nitrogens with zero attached hydrogens (tertiary/aromatic N) is 2. The van der Waals surface area contributed by atoms with Crippen molar-refractivity contribution in [1.29, 1.82) is 0 Å². The van der Waals surface area contributed by atoms with Crippen LogP contribution < -0.4 is 5.32 Å². The van der Waals surface area contributed by atoms with Gasteiger partial charge in [-0.2, -0.15) is 0 Å². The topological polar surface area (TPSA) is 106 Å². The van der Waals surface area contributed by atoms with Crippen molar-refractivity contribution in [2.75, 3.05) is 18.4 Å². The van der Waals surface area contributed by atoms with E-state index in [-0.39, 0.29) is 30.7 Å². The number of hydrogen-bond donors (Lipinski definition) is 1. The van der Waals surface area contributed by atoms with Gasteiger partial charge in [0.2, 0.25) is 5.91 Å². The Morgan fingerprint density at radius 2 is 1.80 bits per heavy atom. The molecule has 8 heteroatoms. The van der Waals surface area contributed by atoms with Gasteiger partial charge >= 0.3 is 5.88 Å². The Kier molecular flexibility index (Phi) is 4.13. The van der Waals surface area contributed by atoms with Crippen LogP contribution in [0.3, 0.4) is 0 Å². The molecule has 0 spiro atoms. The minimum absolute atomic E-state index is 0.0984. The fourth-order valence-corrected chi connectivity index (χ4v) is 3.97. The van der Waals surface area contributed by atoms with Crippen molar-refractivity contribution in [2.24, 2.45) is 5.92 Å². The SMILES string of the molecule is O=C(Nc1ccc2c(c1)Cc1ccccc1-2)C1CN(C(=O)c2ccc([N+](=O)[O-])o2)C1. The Hall–Kier alpha value is -3.94. The van der Waals surface area contributed by atoms with E-state index >= 15 is 0 Å². The maximum absolute atomic E-state index is 12.5. The monoisotopic (exact) mass is 403 g/mol. The summed E-state index contributed by atoms with van der Waals surface area (Å²) in [7, 11) is 0. The van der Waals surface area contributed by atoms with Gasteiger partial charge in [0.25, 0.3) is 5.91 Å². The van der Waals surface area contributed by atoms with Gasteiger partial charge in [-0.05, 0) is 46.9 Å². The van der Waals surface area contributed by atoms with Crippen molar-refractivity contribution in [2.45, 2.75) is 6.42 Å². The fourth-order valence-electron chi connectivity index (χ4n) is 3.97. The highest BCUT2D eigenvalue weighted by Crippen LogP contribution is 2.37. The number of rotatable bonds is 4. The molecule has 1 aliphatic carbocycles. The first-order valence-corrected chi connectivity index (χ1v) is 9.55. The Morgan fingerprint density at radius 3 is 2.57 bits per heavy atom. The quantitative estimate of drug-likeness (QED) is 0.415. The Bertz CT molecular complexity index is 1190. The van der Waals surface area contributed by atoms with Gasteiger partial charge in [0, 0.05) is 18.8 Å². The maximum atomic E-state index is 12.5. The lowest BCUT2D eigenvalue weighted by molar-refractivity contribution is -0.402. The third kappa shape index (κ3) is 3.02. The van der Waals surface area contributed by atoms with Crippen molar-refractivity contribution in [3.63, 3.8) is 0 Å². The first-order chi connectivity index (χ1) is 14.5. The van der Waals surface area contributed by atoms with Crippen LogP contribution in [-0.4, -0.2) is 34.7 Å². The molecule has 1 aliphatic heterocycles. The van der Waals surface area contributed by atoms with E-state index in [2.05, 4.69) is 17.4 Å². The molecule has 3 aromatic rings. The van der Waals surface area contributed by atoms with Crippen molar-refractivity contribution in [3.8, 4) is 11.1 Å². The van der Waals surface area contributed by atoms with Gasteiger partial charge in [-0.25, -0.2) is 0 Å². The molecule has 2 aromatic carbocycles. The molecule has 5 rings (SSSR count). The largest absolute Gasteiger partial charge is 0.433 e. The van der Waals surface area contributed by atoms with Gasteiger partial charge in [-0.1, -0.05) is 30.3 Å². The molecule has 2 aliphatic rings. The number of carbonyl (C=O) groups is 2. The summed E-state index contributed by atoms with van der Waals surface area (Å²) in [5.74, 6) is -1.52. The van der Waals surface area contributed by atoms with Crippen molar-refractivity contribution in [1.82, 2.24) is 4.90 Å². The average Bonchev–Trinajstić information content (AvgIpc) is 3.31. The lowest BCUT2D eigenvalue weighted by atomic mass is 9.98. The molecule has 1 saturated heterocycles. The molecule has 0 saturated carbocycles. The lowest BCUT2D eigenvalue weighted by Gasteiger charge is -2.37. The zero-order valence-corrected chi connectivity index (χ0v) is 15.8. The maximum Gasteiger partial charge on any atom is 0.433 e. The van der Waals surface area contributed by atoms with Gasteiger partial charge in [0.05, 0.1) is 12.0 Å². The molecule has 150 valence electrons. The molecule has 2 heterocycles. The summed E-state index contributed by atoms with van der Waals surface area (Å²) in [6.45, 7) is 0.491. The molecular formula is C22H17N3O5. The number of amides is 2. The highest BCUT2D eigenvalue weighted by molar-refractivity contribution is 5.97. The molecule has 1 N–H and O–H groups in total. The summed E-state index contributed by atoms with van der Waals surface area (Å²) >= 11 is 0. The number of benzene rings is 2. The zero-order chi connectivity index (χ0) is 20.8. The number of likely N-dealkylation sites (tertiary alicyclic amines) is 1. The molecule has 8 nitrogen and oxygen atoms in total. The van der Waals surface area contributed by atoms with E-state index in [1.807, 2.05) is 30.3 Å². The van der Waals surface area contributed by atoms with Crippen LogP contribution in [0.5, 0.6) is 0 Å². The fraction of sp³-hybridized carbons (Fsp3) is 0.182. The number of furan rings is 1. The van der Waals surface area contributed by atoms with Crippen molar-refractivity contribution in [3.05, 3.63) is 81.6 Å². The predicted octanol–water partition coefficient (Wildman–Crippen LogP) is 3.47. The molecule has 0 unspecified atom stereocenters. The van der Waals surface area contributed by atoms with Gasteiger partial charge in [0.15, 0.2) is 5.76 Å². The van der Waals surface area contributed by atoms with Crippen LogP contribution in [0.2, 0.25) is 0 Å². The van der Waals surface area contributed by atoms with Crippen molar-refractivity contribution < 1.29 is 18.9 Å². The second-order valence-corrected chi connectivity index (χ2v) is 7.50. The molecule has 0 radical (unpaired) electrons. The van der Waals surface area contributed by atoms with Crippen LogP contribution in [0.25, 0.3) is 11.1 Å². The minimum atomic E-state index is -0.696. The van der Waals surface area contributed by atoms with E-state index in [0.29, 0.717) is 0 Å². The second kappa shape index (κ2) is 6.84. The van der Waals surface area contributed by atoms with Crippen LogP contribution in [0.15, 0.2) is 59.0 Å². The number of nitrogens with one attached hydrogen (secondary N) is 1. The smallest absolute Gasteiger partial charge is 0.395 e. The van der Waals surface area contributed by atoms with E-state index in [0.717, 1.165) is 18.2 Å². The lowest BCUT2D eigenvalue weighted by Crippen LogP contribution is -2.54. The van der Waals surface area contributed by atoms with E-state index in [4.69, 9.17) is 4.42 Å². The second-order valence-electron chi connectivity index (χ2n) is 7.50. The highest BCUT2D eigenvalue weighted by Gasteiger charge is 2.37. The number of nitro groups is 1. The summed E-state index contributed by atoms with van der Waals surface area (Å²) in [4.78, 5) is 36.3. The summed E-state index contributed by atoms with van der Waals surface area (Å²) in [6, 6.07) is 16.6. The van der Waals surface area contributed by atoms with E-state index < -0.39 is 16.7 Å². The molecular weight excluding hydrogens is 386 g/mol. The summed E-state index contributed by atoms with van der Waals surface area (Å²) in [5, 5.41) is 13.6. The van der Waals surface area contributed by atoms with Crippen LogP contribution in [0, 0.1) is 16.0 Å². The molecule has 0 atom stereocenters. The van der Waals surface area contributed by atoms with Crippen LogP contribution in [0.4, 0.5) is 11.6 Å². The van der Waals surface area contributed by atoms with Gasteiger partial charge < -0.3 is 14.6 Å². The molecule has 2 amide bonds. The Morgan fingerprint density at radius 1 is 1.03 bits per heavy atom. The van der Waals surface area contributed by atoms with Gasteiger partial charge in [0.1, 0.15) is 4.92 Å². The van der Waals surface area contributed by atoms with E-state index in [9.17, 15) is 19.7 Å².